The van der Waals surface area contributed by atoms with Gasteiger partial charge in [-0.1, -0.05) is 28.1 Å². The molecule has 0 aliphatic carbocycles. The van der Waals surface area contributed by atoms with Gasteiger partial charge in [0.15, 0.2) is 5.89 Å². The van der Waals surface area contributed by atoms with Crippen LogP contribution in [0, 0.1) is 0 Å². The topological polar surface area (TPSA) is 63.3 Å². The summed E-state index contributed by atoms with van der Waals surface area (Å²) in [6, 6.07) is 7.68. The summed E-state index contributed by atoms with van der Waals surface area (Å²) in [5, 5.41) is 8.66. The number of nitrogens with zero attached hydrogens (tertiary/aromatic N) is 1. The molecule has 0 spiro atoms. The first kappa shape index (κ1) is 10.9. The van der Waals surface area contributed by atoms with Gasteiger partial charge < -0.3 is 9.52 Å². The van der Waals surface area contributed by atoms with Gasteiger partial charge in [0.1, 0.15) is 0 Å². The molecule has 0 fully saturated rings. The quantitative estimate of drug-likeness (QED) is 0.940. The van der Waals surface area contributed by atoms with Crippen molar-refractivity contribution in [2.24, 2.45) is 0 Å². The third kappa shape index (κ3) is 2.49. The Morgan fingerprint density at radius 3 is 2.62 bits per heavy atom. The largest absolute Gasteiger partial charge is 0.475 e. The molecule has 2 rings (SSSR count). The normalized spacial score (nSPS) is 10.3. The van der Waals surface area contributed by atoms with Crippen LogP contribution in [0.15, 0.2) is 39.4 Å². The number of benzene rings is 1. The van der Waals surface area contributed by atoms with Gasteiger partial charge in [-0.05, 0) is 17.7 Å². The highest BCUT2D eigenvalue weighted by molar-refractivity contribution is 9.10. The summed E-state index contributed by atoms with van der Waals surface area (Å²) in [4.78, 5) is 14.5. The van der Waals surface area contributed by atoms with Gasteiger partial charge in [-0.15, -0.1) is 0 Å². The molecule has 2 aromatic rings. The first-order valence-electron chi connectivity index (χ1n) is 4.57. The minimum Gasteiger partial charge on any atom is -0.475 e. The molecule has 1 heterocycles. The summed E-state index contributed by atoms with van der Waals surface area (Å²) < 4.78 is 6.05. The van der Waals surface area contributed by atoms with Crippen LogP contribution in [0.4, 0.5) is 0 Å². The lowest BCUT2D eigenvalue weighted by Crippen LogP contribution is -1.92. The van der Waals surface area contributed by atoms with Crippen molar-refractivity contribution in [3.63, 3.8) is 0 Å². The maximum atomic E-state index is 10.6. The van der Waals surface area contributed by atoms with Gasteiger partial charge in [-0.3, -0.25) is 0 Å². The number of hydrogen-bond acceptors (Lipinski definition) is 3. The van der Waals surface area contributed by atoms with E-state index < -0.39 is 5.97 Å². The Kier molecular flexibility index (Phi) is 3.05. The van der Waals surface area contributed by atoms with E-state index in [0.717, 1.165) is 10.0 Å². The Morgan fingerprint density at radius 2 is 2.06 bits per heavy atom. The van der Waals surface area contributed by atoms with Crippen LogP contribution in [0.2, 0.25) is 0 Å². The second-order valence-corrected chi connectivity index (χ2v) is 4.14. The van der Waals surface area contributed by atoms with Crippen LogP contribution >= 0.6 is 15.9 Å². The third-order valence-corrected chi connectivity index (χ3v) is 2.56. The number of carboxylic acid groups (broad SMARTS) is 1. The highest BCUT2D eigenvalue weighted by Crippen LogP contribution is 2.14. The molecular formula is C11H8BrNO3. The van der Waals surface area contributed by atoms with Gasteiger partial charge in [0.25, 0.3) is 0 Å². The molecule has 1 aromatic heterocycles. The minimum absolute atomic E-state index is 0.132. The first-order chi connectivity index (χ1) is 7.65. The van der Waals surface area contributed by atoms with E-state index in [2.05, 4.69) is 20.9 Å². The molecule has 0 bridgehead atoms. The molecule has 82 valence electrons. The molecule has 0 saturated carbocycles. The van der Waals surface area contributed by atoms with Crippen LogP contribution in [0.1, 0.15) is 22.0 Å². The number of halogens is 1. The lowest BCUT2D eigenvalue weighted by molar-refractivity contribution is 0.0660. The zero-order valence-corrected chi connectivity index (χ0v) is 9.77. The molecule has 1 aromatic carbocycles. The predicted octanol–water partition coefficient (Wildman–Crippen LogP) is 2.73. The number of aromatic nitrogens is 1. The van der Waals surface area contributed by atoms with Crippen LogP contribution in [-0.2, 0) is 6.42 Å². The Morgan fingerprint density at radius 1 is 1.38 bits per heavy atom. The molecule has 4 nitrogen and oxygen atoms in total. The average Bonchev–Trinajstić information content (AvgIpc) is 2.70. The molecular weight excluding hydrogens is 274 g/mol. The second-order valence-electron chi connectivity index (χ2n) is 3.23. The van der Waals surface area contributed by atoms with E-state index in [1.807, 2.05) is 24.3 Å². The van der Waals surface area contributed by atoms with Gasteiger partial charge >= 0.3 is 5.97 Å². The van der Waals surface area contributed by atoms with E-state index in [-0.39, 0.29) is 5.76 Å². The van der Waals surface area contributed by atoms with Crippen molar-refractivity contribution < 1.29 is 14.3 Å². The van der Waals surface area contributed by atoms with Crippen LogP contribution < -0.4 is 0 Å². The predicted molar refractivity (Wildman–Crippen MR) is 60.4 cm³/mol. The fraction of sp³-hybridized carbons (Fsp3) is 0.0909. The highest BCUT2D eigenvalue weighted by atomic mass is 79.9. The number of hydrogen-bond donors (Lipinski definition) is 1. The number of rotatable bonds is 3. The third-order valence-electron chi connectivity index (χ3n) is 2.03. The number of oxazole rings is 1. The van der Waals surface area contributed by atoms with Crippen molar-refractivity contribution in [1.29, 1.82) is 0 Å². The molecule has 0 saturated heterocycles. The minimum atomic E-state index is -1.10. The average molecular weight is 282 g/mol. The zero-order chi connectivity index (χ0) is 11.5. The van der Waals surface area contributed by atoms with Gasteiger partial charge in [0.05, 0.1) is 6.20 Å². The van der Waals surface area contributed by atoms with Gasteiger partial charge in [-0.25, -0.2) is 9.78 Å². The van der Waals surface area contributed by atoms with E-state index in [4.69, 9.17) is 9.52 Å². The SMILES string of the molecule is O=C(O)c1cnc(Cc2ccc(Br)cc2)o1. The van der Waals surface area contributed by atoms with Gasteiger partial charge in [0.2, 0.25) is 5.76 Å². The van der Waals surface area contributed by atoms with Crippen LogP contribution in [0.5, 0.6) is 0 Å². The van der Waals surface area contributed by atoms with E-state index >= 15 is 0 Å². The smallest absolute Gasteiger partial charge is 0.373 e. The Hall–Kier alpha value is -1.62. The molecule has 0 amide bonds. The fourth-order valence-corrected chi connectivity index (χ4v) is 1.53. The molecule has 5 heteroatoms. The standard InChI is InChI=1S/C11H8BrNO3/c12-8-3-1-7(2-4-8)5-10-13-6-9(16-10)11(14)15/h1-4,6H,5H2,(H,14,15). The van der Waals surface area contributed by atoms with Crippen LogP contribution in [0.3, 0.4) is 0 Å². The number of carbonyl (C=O) groups is 1. The van der Waals surface area contributed by atoms with E-state index in [0.29, 0.717) is 12.3 Å². The highest BCUT2D eigenvalue weighted by Gasteiger charge is 2.10. The molecule has 0 radical (unpaired) electrons. The lowest BCUT2D eigenvalue weighted by atomic mass is 10.1. The van der Waals surface area contributed by atoms with Crippen molar-refractivity contribution >= 4 is 21.9 Å². The lowest BCUT2D eigenvalue weighted by Gasteiger charge is -1.97. The van der Waals surface area contributed by atoms with Gasteiger partial charge in [0, 0.05) is 10.9 Å². The summed E-state index contributed by atoms with van der Waals surface area (Å²) in [7, 11) is 0. The van der Waals surface area contributed by atoms with Gasteiger partial charge in [-0.2, -0.15) is 0 Å². The van der Waals surface area contributed by atoms with E-state index in [1.165, 1.54) is 6.20 Å². The summed E-state index contributed by atoms with van der Waals surface area (Å²) in [6.45, 7) is 0. The monoisotopic (exact) mass is 281 g/mol. The molecule has 0 unspecified atom stereocenters. The molecule has 1 N–H and O–H groups in total. The van der Waals surface area contributed by atoms with Crippen LogP contribution in [0.25, 0.3) is 0 Å². The Labute approximate surface area is 100 Å². The Balaban J connectivity index is 2.14. The molecule has 0 aliphatic heterocycles. The summed E-state index contributed by atoms with van der Waals surface area (Å²) in [5.74, 6) is -0.832. The van der Waals surface area contributed by atoms with Crippen molar-refractivity contribution in [2.75, 3.05) is 0 Å². The van der Waals surface area contributed by atoms with Crippen LogP contribution in [-0.4, -0.2) is 16.1 Å². The summed E-state index contributed by atoms with van der Waals surface area (Å²) in [5.41, 5.74) is 1.02. The summed E-state index contributed by atoms with van der Waals surface area (Å²) in [6.07, 6.45) is 1.71. The Bertz CT molecular complexity index is 504. The first-order valence-corrected chi connectivity index (χ1v) is 5.37. The number of aromatic carboxylic acids is 1. The second kappa shape index (κ2) is 4.49. The fourth-order valence-electron chi connectivity index (χ4n) is 1.27. The zero-order valence-electron chi connectivity index (χ0n) is 8.18. The summed E-state index contributed by atoms with van der Waals surface area (Å²) >= 11 is 3.34. The van der Waals surface area contributed by atoms with Crippen molar-refractivity contribution in [2.45, 2.75) is 6.42 Å². The van der Waals surface area contributed by atoms with Crippen molar-refractivity contribution in [3.05, 3.63) is 52.1 Å². The van der Waals surface area contributed by atoms with E-state index in [1.54, 1.807) is 0 Å². The van der Waals surface area contributed by atoms with E-state index in [9.17, 15) is 4.79 Å². The molecule has 0 atom stereocenters. The molecule has 16 heavy (non-hydrogen) atoms. The number of carboxylic acids is 1. The maximum Gasteiger partial charge on any atom is 0.373 e. The maximum absolute atomic E-state index is 10.6. The van der Waals surface area contributed by atoms with Crippen molar-refractivity contribution in [1.82, 2.24) is 4.98 Å². The molecule has 0 aliphatic rings. The van der Waals surface area contributed by atoms with Crippen molar-refractivity contribution in [3.8, 4) is 0 Å².